The largest absolute Gasteiger partial charge is 4.00 e. The van der Waals surface area contributed by atoms with Crippen LogP contribution in [0.1, 0.15) is 57.9 Å². The molecule has 1 aliphatic carbocycles. The van der Waals surface area contributed by atoms with Gasteiger partial charge in [-0.05, 0) is 39.2 Å². The van der Waals surface area contributed by atoms with Gasteiger partial charge in [-0.25, -0.2) is 0 Å². The molecule has 0 N–H and O–H groups in total. The quantitative estimate of drug-likeness (QED) is 0.231. The Kier molecular flexibility index (Phi) is 12.2. The van der Waals surface area contributed by atoms with Crippen molar-refractivity contribution < 1.29 is 21.7 Å². The summed E-state index contributed by atoms with van der Waals surface area (Å²) < 4.78 is 0. The van der Waals surface area contributed by atoms with Crippen LogP contribution in [-0.4, -0.2) is 8.07 Å². The molecule has 0 bridgehead atoms. The van der Waals surface area contributed by atoms with Crippen molar-refractivity contribution in [3.63, 3.8) is 0 Å². The summed E-state index contributed by atoms with van der Waals surface area (Å²) in [5.74, 6) is 0. The first kappa shape index (κ1) is 35.2. The van der Waals surface area contributed by atoms with Gasteiger partial charge in [0.15, 0.2) is 0 Å². The topological polar surface area (TPSA) is 0 Å². The zero-order valence-corrected chi connectivity index (χ0v) is 28.0. The Bertz CT molecular complexity index is 1220. The fraction of sp³-hybridized carbons (Fsp3) is 0.314. The van der Waals surface area contributed by atoms with Crippen LogP contribution in [0.15, 0.2) is 60.7 Å². The van der Waals surface area contributed by atoms with Crippen LogP contribution < -0.4 is 15.6 Å². The van der Waals surface area contributed by atoms with Crippen molar-refractivity contribution in [2.75, 3.05) is 0 Å². The molecule has 0 aliphatic heterocycles. The molecular weight excluding hydrogens is 496 g/mol. The minimum absolute atomic E-state index is 0. The second-order valence-corrected chi connectivity index (χ2v) is 14.9. The Labute approximate surface area is 245 Å². The van der Waals surface area contributed by atoms with E-state index in [2.05, 4.69) is 123 Å². The minimum atomic E-state index is -2.54. The van der Waals surface area contributed by atoms with Crippen molar-refractivity contribution >= 4 is 23.6 Å². The standard InChI is InChI=1S/C32H39Si.3CH3.Ti/c1-21-18-22(2)20-29(19-21)33(32(9)16-11-10-12-17-32,30-23(3)14-13-15-24(30)4)31-27(7)25(5)26(6)28(31)8;;;;/h10-16,18-20H,17H2,1-9H3;3*1H3;/q4*-1;+4. The Hall–Kier alpha value is -1.80. The van der Waals surface area contributed by atoms with E-state index in [1.54, 1.807) is 15.6 Å². The third-order valence-electron chi connectivity index (χ3n) is 8.43. The first-order valence-corrected chi connectivity index (χ1v) is 14.3. The predicted molar refractivity (Wildman–Crippen MR) is 168 cm³/mol. The van der Waals surface area contributed by atoms with Gasteiger partial charge in [-0.1, -0.05) is 128 Å². The summed E-state index contributed by atoms with van der Waals surface area (Å²) in [5, 5.41) is 4.83. The zero-order chi connectivity index (χ0) is 24.1. The molecule has 0 saturated heterocycles. The maximum absolute atomic E-state index is 2.54. The van der Waals surface area contributed by atoms with Crippen LogP contribution in [0.5, 0.6) is 0 Å². The Morgan fingerprint density at radius 3 is 1.65 bits per heavy atom. The fourth-order valence-corrected chi connectivity index (χ4v) is 13.8. The fourth-order valence-electron chi connectivity index (χ4n) is 6.70. The van der Waals surface area contributed by atoms with Gasteiger partial charge < -0.3 is 22.3 Å². The maximum Gasteiger partial charge on any atom is 4.00 e. The van der Waals surface area contributed by atoms with Gasteiger partial charge in [-0.2, -0.15) is 22.3 Å². The SMILES string of the molecule is Cc1cc(C)cc([Si](c2c(C)cccc2C)([c-]2c(C)c(C)c(C)c2C)C2(C)C=CC=CC2)c1.[CH3-].[CH3-].[CH3-].[Ti+4]. The first-order chi connectivity index (χ1) is 15.5. The van der Waals surface area contributed by atoms with Gasteiger partial charge in [0, 0.05) is 0 Å². The number of hydrogen-bond donors (Lipinski definition) is 0. The smallest absolute Gasteiger partial charge is 0.358 e. The molecule has 0 fully saturated rings. The first-order valence-electron chi connectivity index (χ1n) is 12.3. The van der Waals surface area contributed by atoms with E-state index in [0.29, 0.717) is 0 Å². The predicted octanol–water partition coefficient (Wildman–Crippen LogP) is 7.97. The zero-order valence-electron chi connectivity index (χ0n) is 25.5. The Morgan fingerprint density at radius 2 is 1.22 bits per heavy atom. The summed E-state index contributed by atoms with van der Waals surface area (Å²) in [6, 6.07) is 14.3. The molecule has 0 radical (unpaired) electrons. The molecule has 2 atom stereocenters. The normalized spacial score (nSPS) is 17.5. The van der Waals surface area contributed by atoms with Crippen LogP contribution in [0, 0.1) is 77.7 Å². The molecule has 3 aromatic rings. The van der Waals surface area contributed by atoms with Gasteiger partial charge in [0.1, 0.15) is 8.07 Å². The second kappa shape index (κ2) is 12.8. The van der Waals surface area contributed by atoms with E-state index in [0.717, 1.165) is 6.42 Å². The van der Waals surface area contributed by atoms with E-state index in [4.69, 9.17) is 0 Å². The number of rotatable bonds is 4. The second-order valence-electron chi connectivity index (χ2n) is 10.7. The summed E-state index contributed by atoms with van der Waals surface area (Å²) >= 11 is 0. The average molecular weight is 545 g/mol. The van der Waals surface area contributed by atoms with Crippen molar-refractivity contribution in [1.82, 2.24) is 0 Å². The summed E-state index contributed by atoms with van der Waals surface area (Å²) in [6.07, 6.45) is 10.5. The van der Waals surface area contributed by atoms with E-state index in [1.807, 2.05) is 0 Å². The number of hydrogen-bond acceptors (Lipinski definition) is 0. The molecular formula is C35H48SiTi. The van der Waals surface area contributed by atoms with Crippen LogP contribution in [0.4, 0.5) is 0 Å². The van der Waals surface area contributed by atoms with Gasteiger partial charge in [-0.15, -0.1) is 5.19 Å². The maximum atomic E-state index is 2.54. The van der Waals surface area contributed by atoms with Crippen LogP contribution in [0.25, 0.3) is 0 Å². The van der Waals surface area contributed by atoms with Crippen LogP contribution in [0.2, 0.25) is 5.04 Å². The van der Waals surface area contributed by atoms with Gasteiger partial charge in [0.05, 0.1) is 0 Å². The Balaban J connectivity index is 0.00000324. The molecule has 37 heavy (non-hydrogen) atoms. The molecule has 0 spiro atoms. The summed E-state index contributed by atoms with van der Waals surface area (Å²) in [5.41, 5.74) is 11.5. The van der Waals surface area contributed by atoms with E-state index in [-0.39, 0.29) is 49.0 Å². The average Bonchev–Trinajstić information content (AvgIpc) is 2.94. The summed E-state index contributed by atoms with van der Waals surface area (Å²) in [4.78, 5) is 0. The van der Waals surface area contributed by atoms with Crippen LogP contribution in [-0.2, 0) is 21.7 Å². The molecule has 0 nitrogen and oxygen atoms in total. The van der Waals surface area contributed by atoms with Gasteiger partial charge in [-0.3, -0.25) is 0 Å². The minimum Gasteiger partial charge on any atom is -0.358 e. The molecule has 2 unspecified atom stereocenters. The molecule has 196 valence electrons. The number of aryl methyl sites for hydroxylation is 4. The van der Waals surface area contributed by atoms with Crippen molar-refractivity contribution in [2.45, 2.75) is 73.8 Å². The molecule has 4 rings (SSSR count). The third-order valence-corrected chi connectivity index (χ3v) is 14.7. The third kappa shape index (κ3) is 5.38. The molecule has 3 aromatic carbocycles. The van der Waals surface area contributed by atoms with Gasteiger partial charge in [0.25, 0.3) is 0 Å². The summed E-state index contributed by atoms with van der Waals surface area (Å²) in [7, 11) is -2.54. The molecule has 2 heteroatoms. The van der Waals surface area contributed by atoms with E-state index < -0.39 is 8.07 Å². The van der Waals surface area contributed by atoms with E-state index in [1.165, 1.54) is 44.5 Å². The number of allylic oxidation sites excluding steroid dienone is 4. The molecule has 1 aliphatic rings. The monoisotopic (exact) mass is 544 g/mol. The van der Waals surface area contributed by atoms with E-state index in [9.17, 15) is 0 Å². The number of benzene rings is 2. The van der Waals surface area contributed by atoms with Gasteiger partial charge >= 0.3 is 21.7 Å². The molecule has 0 saturated carbocycles. The van der Waals surface area contributed by atoms with Gasteiger partial charge in [0.2, 0.25) is 0 Å². The summed E-state index contributed by atoms with van der Waals surface area (Å²) in [6.45, 7) is 21.2. The molecule has 0 heterocycles. The Morgan fingerprint density at radius 1 is 0.730 bits per heavy atom. The van der Waals surface area contributed by atoms with Crippen LogP contribution in [0.3, 0.4) is 0 Å². The van der Waals surface area contributed by atoms with E-state index >= 15 is 0 Å². The molecule has 0 aromatic heterocycles. The van der Waals surface area contributed by atoms with Crippen LogP contribution >= 0.6 is 0 Å². The van der Waals surface area contributed by atoms with Crippen molar-refractivity contribution in [2.24, 2.45) is 0 Å². The molecule has 0 amide bonds. The van der Waals surface area contributed by atoms with Crippen molar-refractivity contribution in [3.8, 4) is 0 Å². The van der Waals surface area contributed by atoms with Crippen molar-refractivity contribution in [3.05, 3.63) is 127 Å². The van der Waals surface area contributed by atoms with Crippen molar-refractivity contribution in [1.29, 1.82) is 0 Å².